The molecule has 1 aliphatic rings. The molecular weight excluding hydrogens is 427 g/mol. The van der Waals surface area contributed by atoms with E-state index in [-0.39, 0.29) is 12.0 Å². The van der Waals surface area contributed by atoms with Crippen molar-refractivity contribution >= 4 is 57.8 Å². The fourth-order valence-electron chi connectivity index (χ4n) is 2.65. The first-order valence-corrected chi connectivity index (χ1v) is 11.0. The van der Waals surface area contributed by atoms with Crippen molar-refractivity contribution in [3.8, 4) is 5.75 Å². The molecule has 0 aromatic heterocycles. The highest BCUT2D eigenvalue weighted by Gasteiger charge is 2.32. The molecule has 3 rings (SSSR count). The molecule has 1 aliphatic heterocycles. The lowest BCUT2D eigenvalue weighted by molar-refractivity contribution is -0.122. The van der Waals surface area contributed by atoms with E-state index in [9.17, 15) is 4.79 Å². The second-order valence-electron chi connectivity index (χ2n) is 6.56. The Kier molecular flexibility index (Phi) is 7.28. The molecule has 0 aliphatic carbocycles. The van der Waals surface area contributed by atoms with Crippen LogP contribution in [0.5, 0.6) is 5.75 Å². The number of nitrogens with zero attached hydrogens (tertiary/aromatic N) is 2. The van der Waals surface area contributed by atoms with Crippen molar-refractivity contribution in [2.24, 2.45) is 4.99 Å². The van der Waals surface area contributed by atoms with E-state index in [0.717, 1.165) is 17.7 Å². The molecule has 0 saturated carbocycles. The van der Waals surface area contributed by atoms with Gasteiger partial charge in [-0.15, -0.1) is 0 Å². The van der Waals surface area contributed by atoms with Gasteiger partial charge in [0.1, 0.15) is 5.75 Å². The van der Waals surface area contributed by atoms with Crippen LogP contribution in [0.2, 0.25) is 10.0 Å². The number of benzene rings is 2. The number of thioether (sulfide) groups is 1. The first-order valence-electron chi connectivity index (χ1n) is 9.43. The summed E-state index contributed by atoms with van der Waals surface area (Å²) in [6.07, 6.45) is 2.82. The van der Waals surface area contributed by atoms with Gasteiger partial charge in [0.15, 0.2) is 5.17 Å². The summed E-state index contributed by atoms with van der Waals surface area (Å²) >= 11 is 13.6. The molecule has 1 amide bonds. The smallest absolute Gasteiger partial charge is 0.266 e. The van der Waals surface area contributed by atoms with Crippen LogP contribution in [0.1, 0.15) is 32.8 Å². The quantitative estimate of drug-likeness (QED) is 0.456. The minimum absolute atomic E-state index is 0.0683. The summed E-state index contributed by atoms with van der Waals surface area (Å²) in [5.41, 5.74) is 1.59. The molecule has 4 nitrogen and oxygen atoms in total. The Bertz CT molecular complexity index is 958. The third kappa shape index (κ3) is 5.35. The number of hydrogen-bond acceptors (Lipinski definition) is 4. The number of rotatable bonds is 6. The van der Waals surface area contributed by atoms with E-state index in [1.807, 2.05) is 50.3 Å². The zero-order valence-electron chi connectivity index (χ0n) is 16.5. The van der Waals surface area contributed by atoms with Crippen molar-refractivity contribution in [3.05, 3.63) is 63.0 Å². The molecule has 1 saturated heterocycles. The highest BCUT2D eigenvalue weighted by atomic mass is 35.5. The third-order valence-electron chi connectivity index (χ3n) is 4.41. The molecule has 0 bridgehead atoms. The van der Waals surface area contributed by atoms with Gasteiger partial charge in [-0.2, -0.15) is 0 Å². The van der Waals surface area contributed by atoms with E-state index in [1.165, 1.54) is 11.8 Å². The van der Waals surface area contributed by atoms with E-state index in [0.29, 0.717) is 32.4 Å². The van der Waals surface area contributed by atoms with Gasteiger partial charge in [0.2, 0.25) is 0 Å². The van der Waals surface area contributed by atoms with Gasteiger partial charge in [0.05, 0.1) is 21.7 Å². The van der Waals surface area contributed by atoms with Crippen LogP contribution >= 0.6 is 35.0 Å². The molecule has 1 heterocycles. The van der Waals surface area contributed by atoms with Crippen LogP contribution in [0.25, 0.3) is 6.08 Å². The van der Waals surface area contributed by atoms with Gasteiger partial charge in [-0.3, -0.25) is 9.69 Å². The minimum Gasteiger partial charge on any atom is -0.489 e. The van der Waals surface area contributed by atoms with Crippen molar-refractivity contribution in [1.29, 1.82) is 0 Å². The number of likely N-dealkylation sites (N-methyl/N-ethyl adjacent to an activating group) is 1. The monoisotopic (exact) mass is 448 g/mol. The van der Waals surface area contributed by atoms with Crippen molar-refractivity contribution in [2.45, 2.75) is 33.3 Å². The van der Waals surface area contributed by atoms with Gasteiger partial charge in [0.25, 0.3) is 5.91 Å². The standard InChI is InChI=1S/C22H22Cl2N2O2S/c1-4-14(3)28-19-11-6-15(12-18(19)24)13-20-21(27)26(5-2)22(29-20)25-17-9-7-16(23)8-10-17/h6-14H,4-5H2,1-3H3/b20-13-,25-22?/t14-/m0/s1. The molecule has 0 spiro atoms. The van der Waals surface area contributed by atoms with Gasteiger partial charge in [-0.25, -0.2) is 4.99 Å². The third-order valence-corrected chi connectivity index (χ3v) is 5.97. The summed E-state index contributed by atoms with van der Waals surface area (Å²) in [5, 5.41) is 1.82. The van der Waals surface area contributed by atoms with Crippen LogP contribution in [0.4, 0.5) is 5.69 Å². The summed E-state index contributed by atoms with van der Waals surface area (Å²) in [6, 6.07) is 12.8. The summed E-state index contributed by atoms with van der Waals surface area (Å²) < 4.78 is 5.81. The maximum absolute atomic E-state index is 12.8. The van der Waals surface area contributed by atoms with Crippen LogP contribution in [0.15, 0.2) is 52.4 Å². The van der Waals surface area contributed by atoms with Crippen molar-refractivity contribution in [3.63, 3.8) is 0 Å². The molecule has 29 heavy (non-hydrogen) atoms. The number of amidine groups is 1. The average molecular weight is 449 g/mol. The normalized spacial score (nSPS) is 18.0. The first-order chi connectivity index (χ1) is 13.9. The maximum atomic E-state index is 12.8. The summed E-state index contributed by atoms with van der Waals surface area (Å²) in [5.74, 6) is 0.579. The Labute approximate surface area is 185 Å². The van der Waals surface area contributed by atoms with E-state index in [4.69, 9.17) is 27.9 Å². The van der Waals surface area contributed by atoms with E-state index in [1.54, 1.807) is 17.0 Å². The summed E-state index contributed by atoms with van der Waals surface area (Å²) in [7, 11) is 0. The van der Waals surface area contributed by atoms with Crippen molar-refractivity contribution in [1.82, 2.24) is 4.90 Å². The number of aliphatic imine (C=N–C) groups is 1. The second-order valence-corrected chi connectivity index (χ2v) is 8.41. The van der Waals surface area contributed by atoms with Crippen LogP contribution in [-0.2, 0) is 4.79 Å². The lowest BCUT2D eigenvalue weighted by atomic mass is 10.2. The van der Waals surface area contributed by atoms with Gasteiger partial charge < -0.3 is 4.74 Å². The molecule has 7 heteroatoms. The molecule has 2 aromatic carbocycles. The van der Waals surface area contributed by atoms with Gasteiger partial charge in [-0.1, -0.05) is 36.2 Å². The van der Waals surface area contributed by atoms with Crippen LogP contribution in [-0.4, -0.2) is 28.6 Å². The zero-order chi connectivity index (χ0) is 21.0. The molecule has 152 valence electrons. The lowest BCUT2D eigenvalue weighted by Crippen LogP contribution is -2.28. The molecule has 0 N–H and O–H groups in total. The van der Waals surface area contributed by atoms with Gasteiger partial charge in [-0.05, 0) is 80.1 Å². The zero-order valence-corrected chi connectivity index (χ0v) is 18.8. The lowest BCUT2D eigenvalue weighted by Gasteiger charge is -2.14. The van der Waals surface area contributed by atoms with Gasteiger partial charge >= 0.3 is 0 Å². The molecule has 2 aromatic rings. The Morgan fingerprint density at radius 2 is 1.90 bits per heavy atom. The largest absolute Gasteiger partial charge is 0.489 e. The highest BCUT2D eigenvalue weighted by Crippen LogP contribution is 2.35. The van der Waals surface area contributed by atoms with Crippen LogP contribution < -0.4 is 4.74 Å². The Balaban J connectivity index is 1.85. The molecular formula is C22H22Cl2N2O2S. The molecule has 0 unspecified atom stereocenters. The van der Waals surface area contributed by atoms with Crippen molar-refractivity contribution < 1.29 is 9.53 Å². The Morgan fingerprint density at radius 1 is 1.17 bits per heavy atom. The minimum atomic E-state index is -0.0683. The average Bonchev–Trinajstić information content (AvgIpc) is 2.99. The molecule has 0 radical (unpaired) electrons. The predicted octanol–water partition coefficient (Wildman–Crippen LogP) is 6.79. The highest BCUT2D eigenvalue weighted by molar-refractivity contribution is 8.18. The predicted molar refractivity (Wildman–Crippen MR) is 123 cm³/mol. The van der Waals surface area contributed by atoms with E-state index in [2.05, 4.69) is 11.9 Å². The van der Waals surface area contributed by atoms with E-state index >= 15 is 0 Å². The number of carbonyl (C=O) groups excluding carboxylic acids is 1. The number of halogens is 2. The van der Waals surface area contributed by atoms with Crippen LogP contribution in [0.3, 0.4) is 0 Å². The van der Waals surface area contributed by atoms with Crippen LogP contribution in [0, 0.1) is 0 Å². The Morgan fingerprint density at radius 3 is 2.52 bits per heavy atom. The van der Waals surface area contributed by atoms with Crippen molar-refractivity contribution in [2.75, 3.05) is 6.54 Å². The molecule has 1 atom stereocenters. The summed E-state index contributed by atoms with van der Waals surface area (Å²) in [6.45, 7) is 6.53. The Hall–Kier alpha value is -1.95. The SMILES string of the molecule is CC[C@H](C)Oc1ccc(/C=C2\SC(=Nc3ccc(Cl)cc3)N(CC)C2=O)cc1Cl. The van der Waals surface area contributed by atoms with Gasteiger partial charge in [0, 0.05) is 11.6 Å². The maximum Gasteiger partial charge on any atom is 0.266 e. The second kappa shape index (κ2) is 9.70. The molecule has 1 fully saturated rings. The fraction of sp³-hybridized carbons (Fsp3) is 0.273. The fourth-order valence-corrected chi connectivity index (χ4v) is 4.07. The topological polar surface area (TPSA) is 41.9 Å². The number of ether oxygens (including phenoxy) is 1. The number of amides is 1. The number of carbonyl (C=O) groups is 1. The number of hydrogen-bond donors (Lipinski definition) is 0. The first kappa shape index (κ1) is 21.8. The van der Waals surface area contributed by atoms with E-state index < -0.39 is 0 Å². The summed E-state index contributed by atoms with van der Waals surface area (Å²) in [4.78, 5) is 19.7.